The average Bonchev–Trinajstić information content (AvgIpc) is 2.96. The number of hydrogen-bond acceptors (Lipinski definition) is 7. The first-order valence-corrected chi connectivity index (χ1v) is 8.85. The fourth-order valence-electron chi connectivity index (χ4n) is 2.43. The van der Waals surface area contributed by atoms with Gasteiger partial charge in [0.15, 0.2) is 10.8 Å². The molecule has 8 nitrogen and oxygen atoms in total. The van der Waals surface area contributed by atoms with Crippen LogP contribution in [0.1, 0.15) is 19.3 Å². The van der Waals surface area contributed by atoms with E-state index in [0.717, 1.165) is 19.3 Å². The molecular weight excluding hydrogens is 314 g/mol. The summed E-state index contributed by atoms with van der Waals surface area (Å²) in [6.07, 6.45) is 4.41. The van der Waals surface area contributed by atoms with Crippen LogP contribution in [-0.4, -0.2) is 37.1 Å². The van der Waals surface area contributed by atoms with Crippen LogP contribution in [0.15, 0.2) is 16.6 Å². The van der Waals surface area contributed by atoms with E-state index in [-0.39, 0.29) is 23.0 Å². The number of aromatic nitrogens is 2. The van der Waals surface area contributed by atoms with E-state index in [1.165, 1.54) is 15.7 Å². The van der Waals surface area contributed by atoms with Crippen molar-refractivity contribution >= 4 is 32.1 Å². The van der Waals surface area contributed by atoms with Gasteiger partial charge in [0.2, 0.25) is 5.03 Å². The van der Waals surface area contributed by atoms with Gasteiger partial charge in [0.1, 0.15) is 0 Å². The molecule has 0 spiro atoms. The number of rotatable bonds is 6. The predicted molar refractivity (Wildman–Crippen MR) is 79.7 cm³/mol. The first-order valence-electron chi connectivity index (χ1n) is 6.48. The number of sulfonamides is 1. The zero-order valence-electron chi connectivity index (χ0n) is 11.5. The van der Waals surface area contributed by atoms with Crippen molar-refractivity contribution in [1.82, 2.24) is 14.1 Å². The molecule has 0 aliphatic heterocycles. The minimum atomic E-state index is -3.74. The second-order valence-corrected chi connectivity index (χ2v) is 7.59. The molecule has 2 aromatic rings. The number of nitrogens with one attached hydrogen (secondary N) is 2. The third kappa shape index (κ3) is 2.42. The minimum Gasteiger partial charge on any atom is -0.377 e. The number of nitrogen functional groups attached to an aromatic ring is 1. The van der Waals surface area contributed by atoms with Crippen LogP contribution in [0.2, 0.25) is 0 Å². The van der Waals surface area contributed by atoms with Crippen LogP contribution >= 0.6 is 11.3 Å². The van der Waals surface area contributed by atoms with E-state index < -0.39 is 10.0 Å². The largest absolute Gasteiger partial charge is 0.377 e. The molecule has 21 heavy (non-hydrogen) atoms. The number of nitrogens with two attached hydrogens (primary N) is 1. The summed E-state index contributed by atoms with van der Waals surface area (Å²) in [6.45, 7) is 0.243. The third-order valence-electron chi connectivity index (χ3n) is 3.89. The average molecular weight is 331 g/mol. The number of fused-ring (bicyclic) bond motifs is 1. The second-order valence-electron chi connectivity index (χ2n) is 5.03. The number of methoxy groups -OCH3 is 1. The molecule has 10 heteroatoms. The first-order chi connectivity index (χ1) is 10.0. The molecule has 4 N–H and O–H groups in total. The number of hydrazine groups is 1. The Kier molecular flexibility index (Phi) is 3.66. The Morgan fingerprint density at radius 1 is 1.57 bits per heavy atom. The predicted octanol–water partition coefficient (Wildman–Crippen LogP) is 0.529. The highest BCUT2D eigenvalue weighted by Crippen LogP contribution is 2.35. The quantitative estimate of drug-likeness (QED) is 0.526. The number of hydrogen-bond donors (Lipinski definition) is 3. The summed E-state index contributed by atoms with van der Waals surface area (Å²) in [5, 5.41) is 1.79. The van der Waals surface area contributed by atoms with Gasteiger partial charge in [-0.05, 0) is 19.3 Å². The Bertz CT molecular complexity index is 742. The Labute approximate surface area is 126 Å². The van der Waals surface area contributed by atoms with E-state index >= 15 is 0 Å². The van der Waals surface area contributed by atoms with E-state index in [9.17, 15) is 8.42 Å². The Hall–Kier alpha value is -1.20. The Morgan fingerprint density at radius 3 is 2.90 bits per heavy atom. The topological polar surface area (TPSA) is 111 Å². The highest BCUT2D eigenvalue weighted by Gasteiger charge is 2.38. The van der Waals surface area contributed by atoms with Gasteiger partial charge in [-0.15, -0.1) is 11.3 Å². The van der Waals surface area contributed by atoms with Gasteiger partial charge in [-0.1, -0.05) is 0 Å². The van der Waals surface area contributed by atoms with Crippen molar-refractivity contribution in [3.8, 4) is 0 Å². The maximum Gasteiger partial charge on any atom is 0.260 e. The normalized spacial score (nSPS) is 17.8. The van der Waals surface area contributed by atoms with Crippen molar-refractivity contribution in [2.24, 2.45) is 5.84 Å². The van der Waals surface area contributed by atoms with Gasteiger partial charge >= 0.3 is 0 Å². The van der Waals surface area contributed by atoms with Gasteiger partial charge < -0.3 is 10.2 Å². The lowest BCUT2D eigenvalue weighted by Gasteiger charge is -2.40. The zero-order chi connectivity index (χ0) is 15.1. The number of anilines is 1. The summed E-state index contributed by atoms with van der Waals surface area (Å²) in [5.74, 6) is 5.51. The Balaban J connectivity index is 1.91. The van der Waals surface area contributed by atoms with Crippen molar-refractivity contribution in [1.29, 1.82) is 0 Å². The van der Waals surface area contributed by atoms with Crippen LogP contribution in [-0.2, 0) is 14.8 Å². The van der Waals surface area contributed by atoms with E-state index in [4.69, 9.17) is 10.6 Å². The summed E-state index contributed by atoms with van der Waals surface area (Å²) in [5.41, 5.74) is 1.95. The second kappa shape index (κ2) is 5.21. The van der Waals surface area contributed by atoms with Crippen LogP contribution in [0.4, 0.5) is 5.82 Å². The molecule has 116 valence electrons. The summed E-state index contributed by atoms with van der Waals surface area (Å²) >= 11 is 1.34. The summed E-state index contributed by atoms with van der Waals surface area (Å²) < 4.78 is 34.7. The standard InChI is InChI=1S/C11H17N5O3S2/c1-19-11(3-2-4-11)7-13-21(17,18)9-8(15-12)14-10-16(9)5-6-20-10/h5-6,13,15H,2-4,7,12H2,1H3. The van der Waals surface area contributed by atoms with Crippen molar-refractivity contribution in [3.05, 3.63) is 11.6 Å². The maximum atomic E-state index is 12.6. The zero-order valence-corrected chi connectivity index (χ0v) is 13.1. The third-order valence-corrected chi connectivity index (χ3v) is 6.07. The van der Waals surface area contributed by atoms with Gasteiger partial charge in [0.05, 0.1) is 5.60 Å². The fourth-order valence-corrected chi connectivity index (χ4v) is 4.56. The van der Waals surface area contributed by atoms with Crippen LogP contribution in [0.3, 0.4) is 0 Å². The lowest BCUT2D eigenvalue weighted by atomic mass is 9.80. The SMILES string of the molecule is COC1(CNS(=O)(=O)c2c(NN)nc3sccn23)CCC1. The van der Waals surface area contributed by atoms with E-state index in [0.29, 0.717) is 4.96 Å². The molecule has 0 radical (unpaired) electrons. The lowest BCUT2D eigenvalue weighted by molar-refractivity contribution is -0.0659. The molecule has 3 rings (SSSR count). The minimum absolute atomic E-state index is 0.0202. The lowest BCUT2D eigenvalue weighted by Crippen LogP contribution is -2.49. The molecule has 1 aliphatic carbocycles. The van der Waals surface area contributed by atoms with Crippen molar-refractivity contribution in [2.45, 2.75) is 29.9 Å². The van der Waals surface area contributed by atoms with Crippen LogP contribution < -0.4 is 16.0 Å². The summed E-state index contributed by atoms with van der Waals surface area (Å²) in [7, 11) is -2.13. The molecule has 2 aromatic heterocycles. The molecule has 2 heterocycles. The van der Waals surface area contributed by atoms with Crippen LogP contribution in [0.5, 0.6) is 0 Å². The molecule has 0 amide bonds. The van der Waals surface area contributed by atoms with Gasteiger partial charge in [0, 0.05) is 25.2 Å². The molecule has 1 saturated carbocycles. The fraction of sp³-hybridized carbons (Fsp3) is 0.545. The molecule has 0 aromatic carbocycles. The monoisotopic (exact) mass is 331 g/mol. The van der Waals surface area contributed by atoms with Crippen molar-refractivity contribution in [3.63, 3.8) is 0 Å². The molecule has 0 saturated heterocycles. The molecule has 0 unspecified atom stereocenters. The number of nitrogens with zero attached hydrogens (tertiary/aromatic N) is 2. The summed E-state index contributed by atoms with van der Waals surface area (Å²) in [6, 6.07) is 0. The Morgan fingerprint density at radius 2 is 2.33 bits per heavy atom. The van der Waals surface area contributed by atoms with Crippen molar-refractivity contribution in [2.75, 3.05) is 19.1 Å². The van der Waals surface area contributed by atoms with Crippen LogP contribution in [0.25, 0.3) is 4.96 Å². The number of thiazole rings is 1. The highest BCUT2D eigenvalue weighted by molar-refractivity contribution is 7.89. The van der Waals surface area contributed by atoms with Gasteiger partial charge in [-0.25, -0.2) is 19.0 Å². The van der Waals surface area contributed by atoms with Gasteiger partial charge in [0.25, 0.3) is 10.0 Å². The molecular formula is C11H17N5O3S2. The smallest absolute Gasteiger partial charge is 0.260 e. The van der Waals surface area contributed by atoms with Crippen LogP contribution in [0, 0.1) is 0 Å². The first kappa shape index (κ1) is 14.7. The van der Waals surface area contributed by atoms with E-state index in [2.05, 4.69) is 15.1 Å². The number of ether oxygens (including phenoxy) is 1. The van der Waals surface area contributed by atoms with E-state index in [1.807, 2.05) is 0 Å². The molecule has 0 atom stereocenters. The molecule has 1 fully saturated rings. The van der Waals surface area contributed by atoms with Gasteiger partial charge in [-0.3, -0.25) is 4.40 Å². The molecule has 1 aliphatic rings. The van der Waals surface area contributed by atoms with E-state index in [1.54, 1.807) is 18.7 Å². The maximum absolute atomic E-state index is 12.6. The highest BCUT2D eigenvalue weighted by atomic mass is 32.2. The number of imidazole rings is 1. The van der Waals surface area contributed by atoms with Crippen molar-refractivity contribution < 1.29 is 13.2 Å². The summed E-state index contributed by atoms with van der Waals surface area (Å²) in [4.78, 5) is 4.71. The molecule has 0 bridgehead atoms. The van der Waals surface area contributed by atoms with Gasteiger partial charge in [-0.2, -0.15) is 4.98 Å².